The van der Waals surface area contributed by atoms with Crippen LogP contribution < -0.4 is 5.73 Å². The first-order chi connectivity index (χ1) is 11.6. The van der Waals surface area contributed by atoms with Gasteiger partial charge in [-0.05, 0) is 25.5 Å². The molecule has 1 unspecified atom stereocenters. The Balaban J connectivity index is 1.81. The largest absolute Gasteiger partial charge is 0.373 e. The number of nitrogens with two attached hydrogens (primary N) is 1. The molecule has 5 nitrogen and oxygen atoms in total. The lowest BCUT2D eigenvalue weighted by Gasteiger charge is -2.32. The van der Waals surface area contributed by atoms with Crippen molar-refractivity contribution in [1.82, 2.24) is 9.47 Å². The molecule has 1 saturated heterocycles. The smallest absolute Gasteiger partial charge is 0.255 e. The van der Waals surface area contributed by atoms with Gasteiger partial charge in [0, 0.05) is 37.6 Å². The fourth-order valence-electron chi connectivity index (χ4n) is 3.24. The van der Waals surface area contributed by atoms with Crippen molar-refractivity contribution < 1.29 is 9.53 Å². The molecule has 1 aliphatic heterocycles. The first-order valence-electron chi connectivity index (χ1n) is 8.41. The van der Waals surface area contributed by atoms with E-state index in [1.54, 1.807) is 0 Å². The summed E-state index contributed by atoms with van der Waals surface area (Å²) >= 11 is 0. The second-order valence-electron chi connectivity index (χ2n) is 6.34. The molecule has 1 atom stereocenters. The normalized spacial score (nSPS) is 18.0. The summed E-state index contributed by atoms with van der Waals surface area (Å²) in [6, 6.07) is 12.3. The molecule has 0 aliphatic carbocycles. The highest BCUT2D eigenvalue weighted by Gasteiger charge is 2.26. The highest BCUT2D eigenvalue weighted by molar-refractivity contribution is 5.95. The van der Waals surface area contributed by atoms with Crippen molar-refractivity contribution in [3.63, 3.8) is 0 Å². The first kappa shape index (κ1) is 16.7. The molecule has 1 aromatic carbocycles. The lowest BCUT2D eigenvalue weighted by molar-refractivity contribution is -0.0167. The van der Waals surface area contributed by atoms with E-state index < -0.39 is 0 Å². The second-order valence-corrected chi connectivity index (χ2v) is 6.34. The molecular formula is C19H25N3O2. The number of aryl methyl sites for hydroxylation is 1. The van der Waals surface area contributed by atoms with E-state index in [-0.39, 0.29) is 12.0 Å². The van der Waals surface area contributed by atoms with Crippen LogP contribution >= 0.6 is 0 Å². The SMILES string of the molecule is Cc1cc(C(=O)N2CCOC(CN)C2)c(C)n1Cc1ccccc1. The zero-order valence-corrected chi connectivity index (χ0v) is 14.4. The van der Waals surface area contributed by atoms with E-state index in [2.05, 4.69) is 23.6 Å². The number of rotatable bonds is 4. The van der Waals surface area contributed by atoms with Gasteiger partial charge in [0.05, 0.1) is 18.3 Å². The van der Waals surface area contributed by atoms with E-state index >= 15 is 0 Å². The summed E-state index contributed by atoms with van der Waals surface area (Å²) < 4.78 is 7.76. The quantitative estimate of drug-likeness (QED) is 0.934. The molecule has 24 heavy (non-hydrogen) atoms. The van der Waals surface area contributed by atoms with Gasteiger partial charge in [0.1, 0.15) is 0 Å². The van der Waals surface area contributed by atoms with Crippen LogP contribution in [0.2, 0.25) is 0 Å². The zero-order chi connectivity index (χ0) is 17.1. The van der Waals surface area contributed by atoms with E-state index in [1.807, 2.05) is 36.1 Å². The Labute approximate surface area is 143 Å². The van der Waals surface area contributed by atoms with E-state index in [4.69, 9.17) is 10.5 Å². The molecule has 128 valence electrons. The predicted octanol–water partition coefficient (Wildman–Crippen LogP) is 1.95. The Morgan fingerprint density at radius 3 is 2.75 bits per heavy atom. The molecule has 0 radical (unpaired) electrons. The van der Waals surface area contributed by atoms with Gasteiger partial charge in [-0.2, -0.15) is 0 Å². The Morgan fingerprint density at radius 2 is 2.04 bits per heavy atom. The van der Waals surface area contributed by atoms with E-state index in [9.17, 15) is 4.79 Å². The lowest BCUT2D eigenvalue weighted by atomic mass is 10.2. The fourth-order valence-corrected chi connectivity index (χ4v) is 3.24. The molecule has 2 heterocycles. The standard InChI is InChI=1S/C19H25N3O2/c1-14-10-18(19(23)21-8-9-24-17(11-20)13-21)15(2)22(14)12-16-6-4-3-5-7-16/h3-7,10,17H,8-9,11-13,20H2,1-2H3. The Kier molecular flexibility index (Phi) is 5.02. The van der Waals surface area contributed by atoms with Crippen molar-refractivity contribution in [3.8, 4) is 0 Å². The number of amides is 1. The summed E-state index contributed by atoms with van der Waals surface area (Å²) in [4.78, 5) is 14.8. The number of carbonyl (C=O) groups is 1. The Hall–Kier alpha value is -2.11. The molecule has 3 rings (SSSR count). The van der Waals surface area contributed by atoms with Crippen LogP contribution in [0.25, 0.3) is 0 Å². The number of nitrogens with zero attached hydrogens (tertiary/aromatic N) is 2. The number of hydrogen-bond donors (Lipinski definition) is 1. The van der Waals surface area contributed by atoms with Crippen molar-refractivity contribution >= 4 is 5.91 Å². The van der Waals surface area contributed by atoms with Crippen LogP contribution in [0, 0.1) is 13.8 Å². The van der Waals surface area contributed by atoms with Crippen molar-refractivity contribution in [2.45, 2.75) is 26.5 Å². The maximum absolute atomic E-state index is 12.9. The third kappa shape index (κ3) is 3.37. The number of carbonyl (C=O) groups excluding carboxylic acids is 1. The van der Waals surface area contributed by atoms with Crippen molar-refractivity contribution in [2.75, 3.05) is 26.2 Å². The number of hydrogen-bond acceptors (Lipinski definition) is 3. The zero-order valence-electron chi connectivity index (χ0n) is 14.4. The van der Waals surface area contributed by atoms with Gasteiger partial charge in [-0.1, -0.05) is 30.3 Å². The molecule has 2 N–H and O–H groups in total. The van der Waals surface area contributed by atoms with Crippen LogP contribution in [0.4, 0.5) is 0 Å². The summed E-state index contributed by atoms with van der Waals surface area (Å²) in [5.41, 5.74) is 9.80. The minimum Gasteiger partial charge on any atom is -0.373 e. The van der Waals surface area contributed by atoms with Crippen LogP contribution in [-0.2, 0) is 11.3 Å². The van der Waals surface area contributed by atoms with Crippen LogP contribution in [0.3, 0.4) is 0 Å². The highest BCUT2D eigenvalue weighted by atomic mass is 16.5. The van der Waals surface area contributed by atoms with Crippen molar-refractivity contribution in [3.05, 3.63) is 58.9 Å². The van der Waals surface area contributed by atoms with Crippen molar-refractivity contribution in [2.24, 2.45) is 5.73 Å². The number of aromatic nitrogens is 1. The second kappa shape index (κ2) is 7.20. The molecule has 0 saturated carbocycles. The molecule has 0 bridgehead atoms. The van der Waals surface area contributed by atoms with Crippen LogP contribution in [-0.4, -0.2) is 47.7 Å². The van der Waals surface area contributed by atoms with Crippen molar-refractivity contribution in [1.29, 1.82) is 0 Å². The summed E-state index contributed by atoms with van der Waals surface area (Å²) in [6.45, 7) is 7.03. The molecule has 2 aromatic rings. The molecule has 1 amide bonds. The molecule has 1 aromatic heterocycles. The molecule has 1 fully saturated rings. The minimum absolute atomic E-state index is 0.0597. The summed E-state index contributed by atoms with van der Waals surface area (Å²) in [5.74, 6) is 0.0733. The number of benzene rings is 1. The van der Waals surface area contributed by atoms with Gasteiger partial charge in [0.2, 0.25) is 0 Å². The molecule has 5 heteroatoms. The highest BCUT2D eigenvalue weighted by Crippen LogP contribution is 2.20. The lowest BCUT2D eigenvalue weighted by Crippen LogP contribution is -2.48. The summed E-state index contributed by atoms with van der Waals surface area (Å²) in [5, 5.41) is 0. The van der Waals surface area contributed by atoms with E-state index in [0.29, 0.717) is 26.2 Å². The van der Waals surface area contributed by atoms with Crippen LogP contribution in [0.1, 0.15) is 27.3 Å². The van der Waals surface area contributed by atoms with E-state index in [1.165, 1.54) is 5.56 Å². The maximum atomic E-state index is 12.9. The maximum Gasteiger partial charge on any atom is 0.255 e. The molecular weight excluding hydrogens is 302 g/mol. The van der Waals surface area contributed by atoms with Gasteiger partial charge in [0.15, 0.2) is 0 Å². The average molecular weight is 327 g/mol. The summed E-state index contributed by atoms with van der Waals surface area (Å²) in [7, 11) is 0. The third-order valence-electron chi connectivity index (χ3n) is 4.68. The first-order valence-corrected chi connectivity index (χ1v) is 8.41. The van der Waals surface area contributed by atoms with Gasteiger partial charge >= 0.3 is 0 Å². The topological polar surface area (TPSA) is 60.5 Å². The van der Waals surface area contributed by atoms with Gasteiger partial charge in [-0.15, -0.1) is 0 Å². The summed E-state index contributed by atoms with van der Waals surface area (Å²) in [6.07, 6.45) is -0.0597. The van der Waals surface area contributed by atoms with Gasteiger partial charge in [0.25, 0.3) is 5.91 Å². The predicted molar refractivity (Wildman–Crippen MR) is 94.1 cm³/mol. The minimum atomic E-state index is -0.0597. The van der Waals surface area contributed by atoms with Gasteiger partial charge < -0.3 is 19.9 Å². The number of morpholine rings is 1. The monoisotopic (exact) mass is 327 g/mol. The van der Waals surface area contributed by atoms with Crippen LogP contribution in [0.15, 0.2) is 36.4 Å². The van der Waals surface area contributed by atoms with Crippen LogP contribution in [0.5, 0.6) is 0 Å². The van der Waals surface area contributed by atoms with Gasteiger partial charge in [-0.25, -0.2) is 0 Å². The molecule has 1 aliphatic rings. The Morgan fingerprint density at radius 1 is 1.29 bits per heavy atom. The molecule has 0 spiro atoms. The third-order valence-corrected chi connectivity index (χ3v) is 4.68. The van der Waals surface area contributed by atoms with E-state index in [0.717, 1.165) is 23.5 Å². The fraction of sp³-hybridized carbons (Fsp3) is 0.421. The average Bonchev–Trinajstić information content (AvgIpc) is 2.90. The Bertz CT molecular complexity index is 709. The van der Waals surface area contributed by atoms with Gasteiger partial charge in [-0.3, -0.25) is 4.79 Å². The number of ether oxygens (including phenoxy) is 1.